The number of thiophene rings is 1. The number of hydrogen-bond acceptors (Lipinski definition) is 7. The van der Waals surface area contributed by atoms with Gasteiger partial charge in [-0.15, -0.1) is 11.3 Å². The zero-order valence-corrected chi connectivity index (χ0v) is 20.7. The number of nitro benzene ring substituents is 1. The molecule has 178 valence electrons. The molecule has 0 aliphatic carbocycles. The quantitative estimate of drug-likeness (QED) is 0.0833. The number of hydrogen-bond donors (Lipinski definition) is 0. The van der Waals surface area contributed by atoms with Gasteiger partial charge in [0.05, 0.1) is 21.7 Å². The monoisotopic (exact) mass is 513 g/mol. The predicted molar refractivity (Wildman–Crippen MR) is 144 cm³/mol. The first-order valence-corrected chi connectivity index (χ1v) is 12.8. The zero-order chi connectivity index (χ0) is 25.2. The molecule has 3 aromatic carbocycles. The number of aromatic nitrogens is 2. The largest absolute Gasteiger partial charge is 0.293 e. The maximum absolute atomic E-state index is 13.9. The summed E-state index contributed by atoms with van der Waals surface area (Å²) in [5.74, 6) is -0.186. The number of non-ortho nitro benzene ring substituents is 1. The molecule has 0 bridgehead atoms. The number of carbonyl (C=O) groups excluding carboxylic acids is 1. The van der Waals surface area contributed by atoms with E-state index in [1.54, 1.807) is 4.57 Å². The molecule has 2 heterocycles. The second-order valence-corrected chi connectivity index (χ2v) is 10.1. The number of fused-ring (bicyclic) bond motifs is 1. The number of nitro groups is 1. The molecule has 0 spiro atoms. The molecule has 7 nitrogen and oxygen atoms in total. The normalized spacial score (nSPS) is 11.0. The first-order valence-electron chi connectivity index (χ1n) is 11.0. The summed E-state index contributed by atoms with van der Waals surface area (Å²) in [6, 6.07) is 24.5. The Balaban J connectivity index is 1.58. The molecule has 0 atom stereocenters. The van der Waals surface area contributed by atoms with Crippen LogP contribution in [-0.2, 0) is 0 Å². The van der Waals surface area contributed by atoms with E-state index in [9.17, 15) is 19.7 Å². The van der Waals surface area contributed by atoms with Gasteiger partial charge < -0.3 is 0 Å². The van der Waals surface area contributed by atoms with Crippen LogP contribution in [0.2, 0.25) is 0 Å². The smallest absolute Gasteiger partial charge is 0.269 e. The molecule has 5 aromatic rings. The molecule has 0 saturated carbocycles. The van der Waals surface area contributed by atoms with Crippen molar-refractivity contribution >= 4 is 44.8 Å². The van der Waals surface area contributed by atoms with E-state index >= 15 is 0 Å². The molecule has 0 saturated heterocycles. The SMILES string of the molecule is Cc1sc2nc(SCC(=O)c3ccc([N+](=O)[O-])cc3)n(-c3ccccc3)c(=O)c2c1-c1ccccc1. The molecular formula is C27H19N3O4S2. The maximum atomic E-state index is 13.9. The summed E-state index contributed by atoms with van der Waals surface area (Å²) in [5, 5.41) is 11.9. The number of rotatable bonds is 7. The molecule has 2 aromatic heterocycles. The lowest BCUT2D eigenvalue weighted by molar-refractivity contribution is -0.384. The van der Waals surface area contributed by atoms with Gasteiger partial charge in [0.1, 0.15) is 4.83 Å². The Labute approximate surface area is 214 Å². The van der Waals surface area contributed by atoms with Crippen LogP contribution in [-0.4, -0.2) is 26.0 Å². The minimum absolute atomic E-state index is 0.0263. The summed E-state index contributed by atoms with van der Waals surface area (Å²) in [7, 11) is 0. The third-order valence-corrected chi connectivity index (χ3v) is 7.62. The predicted octanol–water partition coefficient (Wildman–Crippen LogP) is 6.31. The topological polar surface area (TPSA) is 95.1 Å². The third kappa shape index (κ3) is 4.46. The van der Waals surface area contributed by atoms with Gasteiger partial charge in [0.2, 0.25) is 0 Å². The Morgan fingerprint density at radius 2 is 1.64 bits per heavy atom. The minimum Gasteiger partial charge on any atom is -0.293 e. The zero-order valence-electron chi connectivity index (χ0n) is 19.1. The number of aryl methyl sites for hydroxylation is 1. The number of nitrogens with zero attached hydrogens (tertiary/aromatic N) is 3. The van der Waals surface area contributed by atoms with Gasteiger partial charge in [0.15, 0.2) is 10.9 Å². The van der Waals surface area contributed by atoms with Crippen LogP contribution in [0, 0.1) is 17.0 Å². The van der Waals surface area contributed by atoms with E-state index in [1.165, 1.54) is 47.4 Å². The second kappa shape index (κ2) is 9.88. The van der Waals surface area contributed by atoms with Crippen LogP contribution in [0.15, 0.2) is 94.9 Å². The fourth-order valence-corrected chi connectivity index (χ4v) is 5.97. The molecule has 36 heavy (non-hydrogen) atoms. The molecule has 5 rings (SSSR count). The Morgan fingerprint density at radius 1 is 1.00 bits per heavy atom. The summed E-state index contributed by atoms with van der Waals surface area (Å²) in [4.78, 5) is 43.6. The molecule has 0 aliphatic heterocycles. The molecule has 0 amide bonds. The molecule has 0 radical (unpaired) electrons. The highest BCUT2D eigenvalue weighted by atomic mass is 32.2. The number of thioether (sulfide) groups is 1. The van der Waals surface area contributed by atoms with Crippen molar-refractivity contribution in [3.05, 3.63) is 116 Å². The summed E-state index contributed by atoms with van der Waals surface area (Å²) >= 11 is 2.62. The minimum atomic E-state index is -0.507. The van der Waals surface area contributed by atoms with E-state index in [-0.39, 0.29) is 22.8 Å². The highest BCUT2D eigenvalue weighted by Gasteiger charge is 2.21. The summed E-state index contributed by atoms with van der Waals surface area (Å²) < 4.78 is 1.55. The highest BCUT2D eigenvalue weighted by Crippen LogP contribution is 2.37. The van der Waals surface area contributed by atoms with Crippen LogP contribution >= 0.6 is 23.1 Å². The molecule has 0 N–H and O–H groups in total. The standard InChI is InChI=1S/C27H19N3O4S2/c1-17-23(19-8-4-2-5-9-19)24-25(36-17)28-27(29(26(24)32)20-10-6-3-7-11-20)35-16-22(31)18-12-14-21(15-13-18)30(33)34/h2-15H,16H2,1H3. The van der Waals surface area contributed by atoms with Gasteiger partial charge in [-0.25, -0.2) is 4.98 Å². The van der Waals surface area contributed by atoms with Gasteiger partial charge in [-0.2, -0.15) is 0 Å². The third-order valence-electron chi connectivity index (χ3n) is 5.68. The summed E-state index contributed by atoms with van der Waals surface area (Å²) in [6.07, 6.45) is 0. The van der Waals surface area contributed by atoms with Gasteiger partial charge in [-0.3, -0.25) is 24.3 Å². The van der Waals surface area contributed by atoms with Crippen molar-refractivity contribution in [3.8, 4) is 16.8 Å². The second-order valence-electron chi connectivity index (χ2n) is 7.97. The molecule has 0 aliphatic rings. The Kier molecular flexibility index (Phi) is 6.49. The first-order chi connectivity index (χ1) is 17.4. The van der Waals surface area contributed by atoms with Crippen molar-refractivity contribution in [2.45, 2.75) is 12.1 Å². The lowest BCUT2D eigenvalue weighted by Gasteiger charge is -2.12. The summed E-state index contributed by atoms with van der Waals surface area (Å²) in [5.41, 5.74) is 2.57. The number of para-hydroxylation sites is 1. The van der Waals surface area contributed by atoms with Gasteiger partial charge in [-0.05, 0) is 36.8 Å². The van der Waals surface area contributed by atoms with Gasteiger partial charge in [-0.1, -0.05) is 60.3 Å². The summed E-state index contributed by atoms with van der Waals surface area (Å²) in [6.45, 7) is 1.98. The van der Waals surface area contributed by atoms with Gasteiger partial charge >= 0.3 is 0 Å². The van der Waals surface area contributed by atoms with Crippen LogP contribution in [0.1, 0.15) is 15.2 Å². The number of ketones is 1. The van der Waals surface area contributed by atoms with Gasteiger partial charge in [0, 0.05) is 28.1 Å². The highest BCUT2D eigenvalue weighted by molar-refractivity contribution is 7.99. The van der Waals surface area contributed by atoms with Crippen molar-refractivity contribution in [1.82, 2.24) is 9.55 Å². The van der Waals surface area contributed by atoms with E-state index < -0.39 is 4.92 Å². The lowest BCUT2D eigenvalue weighted by atomic mass is 10.0. The Bertz CT molecular complexity index is 1640. The van der Waals surface area contributed by atoms with E-state index in [0.29, 0.717) is 26.6 Å². The van der Waals surface area contributed by atoms with Crippen LogP contribution < -0.4 is 5.56 Å². The van der Waals surface area contributed by atoms with E-state index in [4.69, 9.17) is 4.98 Å². The Morgan fingerprint density at radius 3 is 2.28 bits per heavy atom. The molecule has 9 heteroatoms. The van der Waals surface area contributed by atoms with E-state index in [0.717, 1.165) is 16.0 Å². The number of Topliss-reactive ketones (excluding diaryl/α,β-unsaturated/α-hetero) is 1. The van der Waals surface area contributed by atoms with Crippen molar-refractivity contribution < 1.29 is 9.72 Å². The van der Waals surface area contributed by atoms with Crippen LogP contribution in [0.3, 0.4) is 0 Å². The molecule has 0 unspecified atom stereocenters. The average Bonchev–Trinajstić information content (AvgIpc) is 3.24. The average molecular weight is 514 g/mol. The van der Waals surface area contributed by atoms with Crippen molar-refractivity contribution in [2.75, 3.05) is 5.75 Å². The first kappa shape index (κ1) is 23.7. The number of carbonyl (C=O) groups is 1. The lowest BCUT2D eigenvalue weighted by Crippen LogP contribution is -2.22. The Hall–Kier alpha value is -4.08. The van der Waals surface area contributed by atoms with Crippen LogP contribution in [0.4, 0.5) is 5.69 Å². The van der Waals surface area contributed by atoms with Gasteiger partial charge in [0.25, 0.3) is 11.2 Å². The number of benzene rings is 3. The van der Waals surface area contributed by atoms with Crippen LogP contribution in [0.5, 0.6) is 0 Å². The van der Waals surface area contributed by atoms with Crippen molar-refractivity contribution in [1.29, 1.82) is 0 Å². The fraction of sp³-hybridized carbons (Fsp3) is 0.0741. The van der Waals surface area contributed by atoms with E-state index in [1.807, 2.05) is 67.6 Å². The molecular weight excluding hydrogens is 494 g/mol. The van der Waals surface area contributed by atoms with E-state index in [2.05, 4.69) is 0 Å². The maximum Gasteiger partial charge on any atom is 0.269 e. The fourth-order valence-electron chi connectivity index (χ4n) is 3.98. The van der Waals surface area contributed by atoms with Crippen molar-refractivity contribution in [2.24, 2.45) is 0 Å². The van der Waals surface area contributed by atoms with Crippen LogP contribution in [0.25, 0.3) is 27.0 Å². The van der Waals surface area contributed by atoms with Crippen molar-refractivity contribution in [3.63, 3.8) is 0 Å². The molecule has 0 fully saturated rings.